The van der Waals surface area contributed by atoms with Gasteiger partial charge in [0, 0.05) is 21.4 Å². The first-order valence-corrected chi connectivity index (χ1v) is 9.19. The van der Waals surface area contributed by atoms with Gasteiger partial charge in [0.05, 0.1) is 10.6 Å². The monoisotopic (exact) mass is 343 g/mol. The molecule has 0 atom stereocenters. The molecule has 3 aromatic rings. The van der Waals surface area contributed by atoms with E-state index in [9.17, 15) is 4.79 Å². The van der Waals surface area contributed by atoms with Crippen LogP contribution in [0.4, 0.5) is 5.82 Å². The van der Waals surface area contributed by atoms with E-state index in [1.54, 1.807) is 23.1 Å². The van der Waals surface area contributed by atoms with Crippen molar-refractivity contribution in [2.75, 3.05) is 11.6 Å². The van der Waals surface area contributed by atoms with Gasteiger partial charge in [-0.2, -0.15) is 5.10 Å². The van der Waals surface area contributed by atoms with Crippen LogP contribution in [0.25, 0.3) is 10.6 Å². The van der Waals surface area contributed by atoms with Gasteiger partial charge in [-0.05, 0) is 49.9 Å². The zero-order chi connectivity index (χ0) is 16.4. The van der Waals surface area contributed by atoms with Crippen LogP contribution in [0.15, 0.2) is 41.3 Å². The summed E-state index contributed by atoms with van der Waals surface area (Å²) in [6.07, 6.45) is 2.00. The Morgan fingerprint density at radius 3 is 2.74 bits per heavy atom. The van der Waals surface area contributed by atoms with Crippen molar-refractivity contribution in [1.82, 2.24) is 10.2 Å². The topological polar surface area (TPSA) is 57.8 Å². The van der Waals surface area contributed by atoms with Crippen molar-refractivity contribution in [2.45, 2.75) is 18.7 Å². The maximum Gasteiger partial charge on any atom is 0.257 e. The lowest BCUT2D eigenvalue weighted by Gasteiger charge is -2.07. The summed E-state index contributed by atoms with van der Waals surface area (Å²) < 4.78 is 0. The van der Waals surface area contributed by atoms with Gasteiger partial charge in [0.15, 0.2) is 5.82 Å². The number of amides is 1. The number of nitrogens with one attached hydrogen (secondary N) is 2. The number of nitrogens with zero attached hydrogens (tertiary/aromatic N) is 1. The molecular formula is C17H17N3OS2. The number of benzene rings is 1. The molecule has 0 fully saturated rings. The molecule has 0 aliphatic carbocycles. The Morgan fingerprint density at radius 1 is 1.22 bits per heavy atom. The van der Waals surface area contributed by atoms with Crippen LogP contribution in [0.3, 0.4) is 0 Å². The van der Waals surface area contributed by atoms with Crippen molar-refractivity contribution < 1.29 is 4.79 Å². The van der Waals surface area contributed by atoms with E-state index in [1.807, 2.05) is 43.5 Å². The van der Waals surface area contributed by atoms with Crippen LogP contribution in [-0.4, -0.2) is 22.4 Å². The number of hydrogen-bond donors (Lipinski definition) is 2. The van der Waals surface area contributed by atoms with Crippen molar-refractivity contribution >= 4 is 34.8 Å². The molecule has 4 nitrogen and oxygen atoms in total. The molecule has 0 unspecified atom stereocenters. The molecule has 2 N–H and O–H groups in total. The lowest BCUT2D eigenvalue weighted by molar-refractivity contribution is 0.102. The maximum atomic E-state index is 12.5. The van der Waals surface area contributed by atoms with Crippen LogP contribution >= 0.6 is 23.1 Å². The van der Waals surface area contributed by atoms with Gasteiger partial charge in [0.1, 0.15) is 0 Å². The van der Waals surface area contributed by atoms with E-state index in [-0.39, 0.29) is 5.91 Å². The summed E-state index contributed by atoms with van der Waals surface area (Å²) in [6, 6.07) is 11.9. The molecule has 6 heteroatoms. The third-order valence-electron chi connectivity index (χ3n) is 3.51. The maximum absolute atomic E-state index is 12.5. The van der Waals surface area contributed by atoms with E-state index < -0.39 is 0 Å². The summed E-state index contributed by atoms with van der Waals surface area (Å²) in [4.78, 5) is 15.9. The Morgan fingerprint density at radius 2 is 2.04 bits per heavy atom. The number of thiophene rings is 1. The normalized spacial score (nSPS) is 10.7. The first-order chi connectivity index (χ1) is 11.1. The van der Waals surface area contributed by atoms with Crippen LogP contribution in [-0.2, 0) is 0 Å². The fourth-order valence-electron chi connectivity index (χ4n) is 2.25. The molecule has 23 heavy (non-hydrogen) atoms. The Labute approximate surface area is 143 Å². The molecule has 0 radical (unpaired) electrons. The Bertz CT molecular complexity index is 851. The number of H-pyrrole nitrogens is 1. The zero-order valence-corrected chi connectivity index (χ0v) is 14.8. The van der Waals surface area contributed by atoms with Gasteiger partial charge in [-0.15, -0.1) is 23.1 Å². The molecule has 0 spiro atoms. The Hall–Kier alpha value is -2.05. The molecule has 0 saturated carbocycles. The van der Waals surface area contributed by atoms with Crippen molar-refractivity contribution in [3.05, 3.63) is 52.4 Å². The van der Waals surface area contributed by atoms with E-state index >= 15 is 0 Å². The van der Waals surface area contributed by atoms with E-state index in [0.717, 1.165) is 21.0 Å². The smallest absolute Gasteiger partial charge is 0.257 e. The van der Waals surface area contributed by atoms with Crippen LogP contribution < -0.4 is 5.32 Å². The highest BCUT2D eigenvalue weighted by atomic mass is 32.2. The fourth-order valence-corrected chi connectivity index (χ4v) is 3.52. The number of hydrogen-bond acceptors (Lipinski definition) is 4. The largest absolute Gasteiger partial charge is 0.305 e. The van der Waals surface area contributed by atoms with Gasteiger partial charge >= 0.3 is 0 Å². The minimum Gasteiger partial charge on any atom is -0.305 e. The van der Waals surface area contributed by atoms with Crippen molar-refractivity contribution in [2.24, 2.45) is 0 Å². The first kappa shape index (κ1) is 15.8. The number of thioether (sulfide) groups is 1. The number of anilines is 1. The van der Waals surface area contributed by atoms with Crippen LogP contribution in [0, 0.1) is 13.8 Å². The summed E-state index contributed by atoms with van der Waals surface area (Å²) in [5.41, 5.74) is 2.53. The standard InChI is InChI=1S/C17H17N3OS2/c1-10-4-6-12(22-3)8-13(10)17(21)18-16-9-14(19-20-16)15-7-5-11(2)23-15/h4-9H,1-3H3,(H2,18,19,20,21). The highest BCUT2D eigenvalue weighted by molar-refractivity contribution is 7.98. The predicted molar refractivity (Wildman–Crippen MR) is 97.6 cm³/mol. The molecule has 2 aromatic heterocycles. The summed E-state index contributed by atoms with van der Waals surface area (Å²) in [7, 11) is 0. The lowest BCUT2D eigenvalue weighted by Crippen LogP contribution is -2.13. The van der Waals surface area contributed by atoms with E-state index in [2.05, 4.69) is 28.5 Å². The third-order valence-corrected chi connectivity index (χ3v) is 5.27. The van der Waals surface area contributed by atoms with Crippen molar-refractivity contribution in [3.8, 4) is 10.6 Å². The molecule has 3 rings (SSSR count). The average molecular weight is 343 g/mol. The summed E-state index contributed by atoms with van der Waals surface area (Å²) in [6.45, 7) is 4.00. The Kier molecular flexibility index (Phi) is 4.54. The summed E-state index contributed by atoms with van der Waals surface area (Å²) >= 11 is 3.31. The van der Waals surface area contributed by atoms with Gasteiger partial charge in [-0.25, -0.2) is 0 Å². The predicted octanol–water partition coefficient (Wildman–Crippen LogP) is 4.73. The number of aromatic nitrogens is 2. The number of carbonyl (C=O) groups excluding carboxylic acids is 1. The molecular weight excluding hydrogens is 326 g/mol. The van der Waals surface area contributed by atoms with Gasteiger partial charge in [-0.3, -0.25) is 9.89 Å². The molecule has 0 aliphatic rings. The van der Waals surface area contributed by atoms with Crippen LogP contribution in [0.1, 0.15) is 20.8 Å². The molecule has 0 bridgehead atoms. The summed E-state index contributed by atoms with van der Waals surface area (Å²) in [5, 5.41) is 10.0. The van der Waals surface area contributed by atoms with Crippen LogP contribution in [0.5, 0.6) is 0 Å². The first-order valence-electron chi connectivity index (χ1n) is 7.15. The zero-order valence-electron chi connectivity index (χ0n) is 13.1. The SMILES string of the molecule is CSc1ccc(C)c(C(=O)Nc2cc(-c3ccc(C)s3)[nH]n2)c1. The number of rotatable bonds is 4. The van der Waals surface area contributed by atoms with E-state index in [4.69, 9.17) is 0 Å². The van der Waals surface area contributed by atoms with Gasteiger partial charge in [0.25, 0.3) is 5.91 Å². The lowest BCUT2D eigenvalue weighted by atomic mass is 10.1. The molecule has 0 saturated heterocycles. The molecule has 0 aliphatic heterocycles. The number of aryl methyl sites for hydroxylation is 2. The fraction of sp³-hybridized carbons (Fsp3) is 0.176. The third kappa shape index (κ3) is 3.48. The van der Waals surface area contributed by atoms with Gasteiger partial charge < -0.3 is 5.32 Å². The minimum absolute atomic E-state index is 0.140. The van der Waals surface area contributed by atoms with Crippen LogP contribution in [0.2, 0.25) is 0 Å². The average Bonchev–Trinajstić information content (AvgIpc) is 3.16. The minimum atomic E-state index is -0.140. The molecule has 2 heterocycles. The summed E-state index contributed by atoms with van der Waals surface area (Å²) in [5.74, 6) is 0.392. The quantitative estimate of drug-likeness (QED) is 0.673. The van der Waals surface area contributed by atoms with Gasteiger partial charge in [0.2, 0.25) is 0 Å². The second-order valence-electron chi connectivity index (χ2n) is 5.21. The second-order valence-corrected chi connectivity index (χ2v) is 7.38. The number of carbonyl (C=O) groups is 1. The second kappa shape index (κ2) is 6.60. The van der Waals surface area contributed by atoms with Crippen molar-refractivity contribution in [1.29, 1.82) is 0 Å². The van der Waals surface area contributed by atoms with Crippen molar-refractivity contribution in [3.63, 3.8) is 0 Å². The molecule has 1 amide bonds. The Balaban J connectivity index is 1.80. The van der Waals surface area contributed by atoms with Gasteiger partial charge in [-0.1, -0.05) is 6.07 Å². The molecule has 118 valence electrons. The highest BCUT2D eigenvalue weighted by Crippen LogP contribution is 2.27. The number of aromatic amines is 1. The van der Waals surface area contributed by atoms with E-state index in [0.29, 0.717) is 11.4 Å². The highest BCUT2D eigenvalue weighted by Gasteiger charge is 2.13. The van der Waals surface area contributed by atoms with E-state index in [1.165, 1.54) is 4.88 Å². The molecule has 1 aromatic carbocycles.